The van der Waals surface area contributed by atoms with Crippen molar-refractivity contribution in [1.29, 1.82) is 0 Å². The van der Waals surface area contributed by atoms with E-state index >= 15 is 0 Å². The molecule has 172 valence electrons. The Morgan fingerprint density at radius 2 is 2.00 bits per heavy atom. The summed E-state index contributed by atoms with van der Waals surface area (Å²) in [6.07, 6.45) is 1.08. The smallest absolute Gasteiger partial charge is 0.410 e. The molecule has 0 bridgehead atoms. The van der Waals surface area contributed by atoms with E-state index in [1.54, 1.807) is 40.6 Å². The highest BCUT2D eigenvalue weighted by Crippen LogP contribution is 2.22. The Kier molecular flexibility index (Phi) is 7.52. The van der Waals surface area contributed by atoms with Gasteiger partial charge in [-0.05, 0) is 62.8 Å². The Morgan fingerprint density at radius 3 is 2.66 bits per heavy atom. The molecule has 3 rings (SSSR count). The Bertz CT molecular complexity index is 969. The van der Waals surface area contributed by atoms with Crippen molar-refractivity contribution in [2.75, 3.05) is 18.4 Å². The van der Waals surface area contributed by atoms with Gasteiger partial charge in [-0.15, -0.1) is 11.3 Å². The minimum atomic E-state index is -0.586. The van der Waals surface area contributed by atoms with Crippen molar-refractivity contribution in [3.63, 3.8) is 0 Å². The number of ether oxygens (including phenoxy) is 1. The molecule has 1 aromatic carbocycles. The molecule has 1 unspecified atom stereocenters. The third kappa shape index (κ3) is 6.30. The summed E-state index contributed by atoms with van der Waals surface area (Å²) < 4.78 is 5.44. The number of aliphatic hydroxyl groups excluding tert-OH is 1. The summed E-state index contributed by atoms with van der Waals surface area (Å²) in [5, 5.41) is 17.0. The van der Waals surface area contributed by atoms with Crippen LogP contribution in [0.3, 0.4) is 0 Å². The average molecular weight is 460 g/mol. The fraction of sp³-hybridized carbons (Fsp3) is 0.435. The van der Waals surface area contributed by atoms with E-state index in [9.17, 15) is 19.5 Å². The highest BCUT2D eigenvalue weighted by molar-refractivity contribution is 7.12. The van der Waals surface area contributed by atoms with Crippen molar-refractivity contribution in [1.82, 2.24) is 10.2 Å². The van der Waals surface area contributed by atoms with E-state index in [1.165, 1.54) is 11.3 Å². The van der Waals surface area contributed by atoms with Crippen LogP contribution in [0.2, 0.25) is 0 Å². The Balaban J connectivity index is 1.71. The minimum Gasteiger partial charge on any atom is -0.444 e. The SMILES string of the molecule is CC(C)(C)OC(=O)N1CCCC(NC(=O)c2ccc(CO)cc2NC(=O)c2cccs2)C1. The number of piperidine rings is 1. The first kappa shape index (κ1) is 23.7. The molecule has 1 fully saturated rings. The van der Waals surface area contributed by atoms with Gasteiger partial charge >= 0.3 is 6.09 Å². The number of carbonyl (C=O) groups is 3. The number of carbonyl (C=O) groups excluding carboxylic acids is 3. The lowest BCUT2D eigenvalue weighted by Crippen LogP contribution is -2.50. The zero-order valence-corrected chi connectivity index (χ0v) is 19.3. The van der Waals surface area contributed by atoms with Crippen LogP contribution in [0.4, 0.5) is 10.5 Å². The van der Waals surface area contributed by atoms with Gasteiger partial charge in [0.2, 0.25) is 0 Å². The van der Waals surface area contributed by atoms with E-state index in [4.69, 9.17) is 4.74 Å². The highest BCUT2D eigenvalue weighted by atomic mass is 32.1. The molecule has 3 amide bonds. The van der Waals surface area contributed by atoms with Crippen LogP contribution in [0.5, 0.6) is 0 Å². The van der Waals surface area contributed by atoms with Gasteiger partial charge in [-0.3, -0.25) is 9.59 Å². The number of aliphatic hydroxyl groups is 1. The molecule has 0 saturated carbocycles. The van der Waals surface area contributed by atoms with E-state index in [1.807, 2.05) is 20.8 Å². The predicted molar refractivity (Wildman–Crippen MR) is 123 cm³/mol. The van der Waals surface area contributed by atoms with Gasteiger partial charge in [0, 0.05) is 19.1 Å². The molecule has 1 saturated heterocycles. The molecule has 0 aliphatic carbocycles. The van der Waals surface area contributed by atoms with Crippen LogP contribution < -0.4 is 10.6 Å². The van der Waals surface area contributed by atoms with Crippen molar-refractivity contribution in [3.05, 3.63) is 51.7 Å². The summed E-state index contributed by atoms with van der Waals surface area (Å²) >= 11 is 1.30. The number of nitrogens with zero attached hydrogens (tertiary/aromatic N) is 1. The third-order valence-electron chi connectivity index (χ3n) is 4.91. The van der Waals surface area contributed by atoms with Crippen LogP contribution in [-0.4, -0.2) is 52.6 Å². The summed E-state index contributed by atoms with van der Waals surface area (Å²) in [6, 6.07) is 8.05. The molecule has 9 heteroatoms. The molecule has 3 N–H and O–H groups in total. The number of hydrogen-bond donors (Lipinski definition) is 3. The number of amides is 3. The first-order valence-corrected chi connectivity index (χ1v) is 11.4. The Morgan fingerprint density at radius 1 is 1.22 bits per heavy atom. The number of hydrogen-bond acceptors (Lipinski definition) is 6. The average Bonchev–Trinajstić information content (AvgIpc) is 3.27. The van der Waals surface area contributed by atoms with E-state index in [-0.39, 0.29) is 24.5 Å². The number of benzene rings is 1. The minimum absolute atomic E-state index is 0.211. The lowest BCUT2D eigenvalue weighted by Gasteiger charge is -2.34. The summed E-state index contributed by atoms with van der Waals surface area (Å²) in [7, 11) is 0. The van der Waals surface area contributed by atoms with Crippen molar-refractivity contribution >= 4 is 34.9 Å². The van der Waals surface area contributed by atoms with Gasteiger partial charge in [0.15, 0.2) is 0 Å². The van der Waals surface area contributed by atoms with Gasteiger partial charge in [-0.2, -0.15) is 0 Å². The molecule has 2 heterocycles. The maximum atomic E-state index is 13.0. The second-order valence-electron chi connectivity index (χ2n) is 8.71. The Labute approximate surface area is 191 Å². The number of likely N-dealkylation sites (tertiary alicyclic amines) is 1. The molecule has 1 aromatic heterocycles. The lowest BCUT2D eigenvalue weighted by atomic mass is 10.0. The molecule has 0 spiro atoms. The van der Waals surface area contributed by atoms with E-state index < -0.39 is 11.7 Å². The second-order valence-corrected chi connectivity index (χ2v) is 9.66. The van der Waals surface area contributed by atoms with Crippen LogP contribution in [-0.2, 0) is 11.3 Å². The van der Waals surface area contributed by atoms with Crippen LogP contribution in [0.1, 0.15) is 59.2 Å². The summed E-state index contributed by atoms with van der Waals surface area (Å²) in [5.41, 5.74) is 0.614. The number of anilines is 1. The maximum Gasteiger partial charge on any atom is 0.410 e. The lowest BCUT2D eigenvalue weighted by molar-refractivity contribution is 0.0185. The highest BCUT2D eigenvalue weighted by Gasteiger charge is 2.29. The molecule has 1 aliphatic heterocycles. The zero-order valence-electron chi connectivity index (χ0n) is 18.5. The normalized spacial score (nSPS) is 16.4. The van der Waals surface area contributed by atoms with Gasteiger partial charge < -0.3 is 25.4 Å². The van der Waals surface area contributed by atoms with E-state index in [0.29, 0.717) is 34.8 Å². The number of rotatable bonds is 5. The molecule has 1 atom stereocenters. The summed E-state index contributed by atoms with van der Waals surface area (Å²) in [6.45, 7) is 6.17. The topological polar surface area (TPSA) is 108 Å². The monoisotopic (exact) mass is 459 g/mol. The van der Waals surface area contributed by atoms with Crippen LogP contribution in [0.15, 0.2) is 35.7 Å². The van der Waals surface area contributed by atoms with Crippen molar-refractivity contribution in [2.45, 2.75) is 51.9 Å². The van der Waals surface area contributed by atoms with Gasteiger partial charge in [0.05, 0.1) is 22.7 Å². The van der Waals surface area contributed by atoms with Crippen molar-refractivity contribution in [2.24, 2.45) is 0 Å². The van der Waals surface area contributed by atoms with Gasteiger partial charge in [-0.25, -0.2) is 4.79 Å². The molecule has 32 heavy (non-hydrogen) atoms. The van der Waals surface area contributed by atoms with Crippen LogP contribution in [0.25, 0.3) is 0 Å². The first-order chi connectivity index (χ1) is 15.2. The number of nitrogens with one attached hydrogen (secondary N) is 2. The van der Waals surface area contributed by atoms with E-state index in [0.717, 1.165) is 12.8 Å². The van der Waals surface area contributed by atoms with Crippen molar-refractivity contribution in [3.8, 4) is 0 Å². The molecule has 1 aliphatic rings. The Hall–Kier alpha value is -2.91. The van der Waals surface area contributed by atoms with Crippen LogP contribution in [0, 0.1) is 0 Å². The number of thiophene rings is 1. The third-order valence-corrected chi connectivity index (χ3v) is 5.78. The van der Waals surface area contributed by atoms with Gasteiger partial charge in [0.25, 0.3) is 11.8 Å². The van der Waals surface area contributed by atoms with Crippen molar-refractivity contribution < 1.29 is 24.2 Å². The molecule has 0 radical (unpaired) electrons. The van der Waals surface area contributed by atoms with Gasteiger partial charge in [-0.1, -0.05) is 12.1 Å². The molecule has 2 aromatic rings. The second kappa shape index (κ2) is 10.1. The molecular weight excluding hydrogens is 430 g/mol. The molecule has 8 nitrogen and oxygen atoms in total. The largest absolute Gasteiger partial charge is 0.444 e. The standard InChI is InChI=1S/C23H29N3O5S/c1-23(2,3)31-22(30)26-10-4-6-16(13-26)24-20(28)17-9-8-15(14-27)12-18(17)25-21(29)19-7-5-11-32-19/h5,7-9,11-12,16,27H,4,6,10,13-14H2,1-3H3,(H,24,28)(H,25,29). The molecular formula is C23H29N3O5S. The van der Waals surface area contributed by atoms with Crippen LogP contribution >= 0.6 is 11.3 Å². The van der Waals surface area contributed by atoms with Gasteiger partial charge in [0.1, 0.15) is 5.60 Å². The predicted octanol–water partition coefficient (Wildman–Crippen LogP) is 3.62. The summed E-state index contributed by atoms with van der Waals surface area (Å²) in [4.78, 5) is 40.1. The fourth-order valence-electron chi connectivity index (χ4n) is 3.43. The fourth-order valence-corrected chi connectivity index (χ4v) is 4.05. The first-order valence-electron chi connectivity index (χ1n) is 10.5. The summed E-state index contributed by atoms with van der Waals surface area (Å²) in [5.74, 6) is -0.676. The zero-order chi connectivity index (χ0) is 23.3. The van der Waals surface area contributed by atoms with E-state index in [2.05, 4.69) is 10.6 Å². The quantitative estimate of drug-likeness (QED) is 0.633. The maximum absolute atomic E-state index is 13.0.